The molecule has 1 aliphatic heterocycles. The topological polar surface area (TPSA) is 24.5 Å². The van der Waals surface area contributed by atoms with Crippen molar-refractivity contribution in [2.75, 3.05) is 26.2 Å². The number of nitrogens with one attached hydrogen (secondary N) is 1. The Balaban J connectivity index is 1.95. The highest BCUT2D eigenvalue weighted by Crippen LogP contribution is 2.41. The SMILES string of the molecule is CCC(C)C1CNC(C)(C2CC2)CN1CCOC(C)(C)C. The van der Waals surface area contributed by atoms with Crippen LogP contribution in [0.4, 0.5) is 0 Å². The first kappa shape index (κ1) is 17.2. The van der Waals surface area contributed by atoms with Crippen molar-refractivity contribution in [3.63, 3.8) is 0 Å². The maximum Gasteiger partial charge on any atom is 0.0600 e. The standard InChI is InChI=1S/C18H36N2O/c1-7-14(2)16-12-19-18(6,15-8-9-15)13-20(16)10-11-21-17(3,4)5/h14-16,19H,7-13H2,1-6H3. The van der Waals surface area contributed by atoms with Gasteiger partial charge in [-0.2, -0.15) is 0 Å². The molecule has 1 saturated carbocycles. The van der Waals surface area contributed by atoms with Crippen LogP contribution in [-0.4, -0.2) is 48.3 Å². The van der Waals surface area contributed by atoms with Crippen LogP contribution in [0.3, 0.4) is 0 Å². The first-order valence-corrected chi connectivity index (χ1v) is 8.88. The van der Waals surface area contributed by atoms with Gasteiger partial charge in [0, 0.05) is 31.2 Å². The van der Waals surface area contributed by atoms with Crippen LogP contribution in [0.5, 0.6) is 0 Å². The predicted molar refractivity (Wildman–Crippen MR) is 89.7 cm³/mol. The fourth-order valence-corrected chi connectivity index (χ4v) is 3.60. The molecule has 0 radical (unpaired) electrons. The Morgan fingerprint density at radius 3 is 2.52 bits per heavy atom. The molecule has 0 aromatic rings. The van der Waals surface area contributed by atoms with E-state index in [0.29, 0.717) is 11.6 Å². The van der Waals surface area contributed by atoms with Crippen LogP contribution in [0.2, 0.25) is 0 Å². The Bertz CT molecular complexity index is 335. The van der Waals surface area contributed by atoms with Crippen molar-refractivity contribution in [1.29, 1.82) is 0 Å². The molecule has 0 aromatic heterocycles. The zero-order valence-corrected chi connectivity index (χ0v) is 15.0. The van der Waals surface area contributed by atoms with Crippen molar-refractivity contribution in [2.24, 2.45) is 11.8 Å². The van der Waals surface area contributed by atoms with Crippen molar-refractivity contribution in [1.82, 2.24) is 10.2 Å². The molecule has 21 heavy (non-hydrogen) atoms. The highest BCUT2D eigenvalue weighted by molar-refractivity contribution is 5.04. The van der Waals surface area contributed by atoms with E-state index in [1.807, 2.05) is 0 Å². The van der Waals surface area contributed by atoms with Gasteiger partial charge in [0.2, 0.25) is 0 Å². The van der Waals surface area contributed by atoms with Gasteiger partial charge in [-0.1, -0.05) is 20.3 Å². The summed E-state index contributed by atoms with van der Waals surface area (Å²) in [5, 5.41) is 3.88. The highest BCUT2D eigenvalue weighted by Gasteiger charge is 2.46. The minimum atomic E-state index is -0.0281. The fourth-order valence-electron chi connectivity index (χ4n) is 3.60. The van der Waals surface area contributed by atoms with Gasteiger partial charge in [-0.15, -0.1) is 0 Å². The molecule has 0 bridgehead atoms. The van der Waals surface area contributed by atoms with E-state index in [-0.39, 0.29) is 5.60 Å². The van der Waals surface area contributed by atoms with Crippen LogP contribution in [0.1, 0.15) is 60.8 Å². The summed E-state index contributed by atoms with van der Waals surface area (Å²) in [5.74, 6) is 1.64. The van der Waals surface area contributed by atoms with Gasteiger partial charge in [0.25, 0.3) is 0 Å². The van der Waals surface area contributed by atoms with Crippen LogP contribution in [-0.2, 0) is 4.74 Å². The van der Waals surface area contributed by atoms with Gasteiger partial charge in [0.1, 0.15) is 0 Å². The van der Waals surface area contributed by atoms with Gasteiger partial charge in [-0.25, -0.2) is 0 Å². The molecule has 124 valence electrons. The molecule has 1 saturated heterocycles. The lowest BCUT2D eigenvalue weighted by molar-refractivity contribution is -0.0339. The number of rotatable bonds is 6. The number of hydrogen-bond donors (Lipinski definition) is 1. The van der Waals surface area contributed by atoms with Crippen LogP contribution in [0, 0.1) is 11.8 Å². The number of ether oxygens (including phenoxy) is 1. The third kappa shape index (κ3) is 4.67. The molecule has 3 unspecified atom stereocenters. The molecule has 1 aliphatic carbocycles. The Morgan fingerprint density at radius 1 is 1.33 bits per heavy atom. The smallest absolute Gasteiger partial charge is 0.0600 e. The summed E-state index contributed by atoms with van der Waals surface area (Å²) < 4.78 is 5.98. The van der Waals surface area contributed by atoms with E-state index in [0.717, 1.165) is 31.5 Å². The minimum absolute atomic E-state index is 0.0281. The number of nitrogens with zero attached hydrogens (tertiary/aromatic N) is 1. The van der Waals surface area contributed by atoms with E-state index >= 15 is 0 Å². The molecule has 2 fully saturated rings. The van der Waals surface area contributed by atoms with Crippen LogP contribution in [0.25, 0.3) is 0 Å². The van der Waals surface area contributed by atoms with Crippen molar-refractivity contribution in [3.8, 4) is 0 Å². The molecule has 1 heterocycles. The number of piperazine rings is 1. The average Bonchev–Trinajstić information content (AvgIpc) is 3.21. The summed E-state index contributed by atoms with van der Waals surface area (Å²) in [6.45, 7) is 17.8. The molecular formula is C18H36N2O. The van der Waals surface area contributed by atoms with Gasteiger partial charge in [0.05, 0.1) is 12.2 Å². The zero-order chi connectivity index (χ0) is 15.7. The monoisotopic (exact) mass is 296 g/mol. The van der Waals surface area contributed by atoms with Gasteiger partial charge in [-0.05, 0) is 52.4 Å². The minimum Gasteiger partial charge on any atom is -0.375 e. The summed E-state index contributed by atoms with van der Waals surface area (Å²) in [6.07, 6.45) is 4.07. The Hall–Kier alpha value is -0.120. The maximum atomic E-state index is 5.98. The van der Waals surface area contributed by atoms with Crippen LogP contribution < -0.4 is 5.32 Å². The molecule has 1 N–H and O–H groups in total. The molecule has 0 spiro atoms. The van der Waals surface area contributed by atoms with Crippen molar-refractivity contribution >= 4 is 0 Å². The molecule has 3 heteroatoms. The zero-order valence-electron chi connectivity index (χ0n) is 15.0. The second-order valence-corrected chi connectivity index (χ2v) is 8.46. The quantitative estimate of drug-likeness (QED) is 0.814. The van der Waals surface area contributed by atoms with E-state index in [4.69, 9.17) is 4.74 Å². The summed E-state index contributed by atoms with van der Waals surface area (Å²) >= 11 is 0. The Morgan fingerprint density at radius 2 is 2.00 bits per heavy atom. The highest BCUT2D eigenvalue weighted by atomic mass is 16.5. The van der Waals surface area contributed by atoms with Gasteiger partial charge in [0.15, 0.2) is 0 Å². The van der Waals surface area contributed by atoms with E-state index < -0.39 is 0 Å². The molecule has 2 rings (SSSR count). The second-order valence-electron chi connectivity index (χ2n) is 8.46. The molecule has 3 nitrogen and oxygen atoms in total. The van der Waals surface area contributed by atoms with Crippen LogP contribution >= 0.6 is 0 Å². The van der Waals surface area contributed by atoms with Crippen molar-refractivity contribution in [3.05, 3.63) is 0 Å². The number of hydrogen-bond acceptors (Lipinski definition) is 3. The summed E-state index contributed by atoms with van der Waals surface area (Å²) in [4.78, 5) is 2.70. The summed E-state index contributed by atoms with van der Waals surface area (Å²) in [7, 11) is 0. The molecule has 0 amide bonds. The van der Waals surface area contributed by atoms with E-state index in [1.165, 1.54) is 25.8 Å². The normalized spacial score (nSPS) is 33.1. The first-order chi connectivity index (χ1) is 9.75. The first-order valence-electron chi connectivity index (χ1n) is 8.88. The third-order valence-electron chi connectivity index (χ3n) is 5.41. The second kappa shape index (κ2) is 6.55. The maximum absolute atomic E-state index is 5.98. The Labute approximate surface area is 131 Å². The lowest BCUT2D eigenvalue weighted by atomic mass is 9.87. The van der Waals surface area contributed by atoms with Gasteiger partial charge in [-0.3, -0.25) is 4.90 Å². The lowest BCUT2D eigenvalue weighted by Crippen LogP contribution is -2.65. The molecule has 3 atom stereocenters. The molecular weight excluding hydrogens is 260 g/mol. The van der Waals surface area contributed by atoms with Gasteiger partial charge >= 0.3 is 0 Å². The van der Waals surface area contributed by atoms with Gasteiger partial charge < -0.3 is 10.1 Å². The average molecular weight is 296 g/mol. The van der Waals surface area contributed by atoms with E-state index in [2.05, 4.69) is 51.8 Å². The van der Waals surface area contributed by atoms with Crippen molar-refractivity contribution < 1.29 is 4.74 Å². The summed E-state index contributed by atoms with van der Waals surface area (Å²) in [5.41, 5.74) is 0.297. The largest absolute Gasteiger partial charge is 0.375 e. The van der Waals surface area contributed by atoms with E-state index in [1.54, 1.807) is 0 Å². The third-order valence-corrected chi connectivity index (χ3v) is 5.41. The molecule has 2 aliphatic rings. The Kier molecular flexibility index (Phi) is 5.38. The lowest BCUT2D eigenvalue weighted by Gasteiger charge is -2.48. The van der Waals surface area contributed by atoms with Crippen molar-refractivity contribution in [2.45, 2.75) is 78.0 Å². The fraction of sp³-hybridized carbons (Fsp3) is 1.00. The van der Waals surface area contributed by atoms with Crippen LogP contribution in [0.15, 0.2) is 0 Å². The predicted octanol–water partition coefficient (Wildman–Crippen LogP) is 3.29. The molecule has 0 aromatic carbocycles. The summed E-state index contributed by atoms with van der Waals surface area (Å²) in [6, 6.07) is 0.658. The van der Waals surface area contributed by atoms with E-state index in [9.17, 15) is 0 Å².